The number of hydrazine groups is 1. The monoisotopic (exact) mass is 439 g/mol. The number of nitrogens with zero attached hydrogens (tertiary/aromatic N) is 4. The maximum Gasteiger partial charge on any atom is 0.355 e. The van der Waals surface area contributed by atoms with Crippen molar-refractivity contribution in [3.63, 3.8) is 0 Å². The number of hydrogen-bond acceptors (Lipinski definition) is 10. The van der Waals surface area contributed by atoms with Crippen LogP contribution in [0.4, 0.5) is 28.7 Å². The van der Waals surface area contributed by atoms with Crippen molar-refractivity contribution in [2.45, 2.75) is 6.92 Å². The van der Waals surface area contributed by atoms with Crippen LogP contribution in [0.3, 0.4) is 0 Å². The molecule has 164 valence electrons. The minimum atomic E-state index is -0.875. The summed E-state index contributed by atoms with van der Waals surface area (Å²) in [5.41, 5.74) is 4.63. The molecule has 3 N–H and O–H groups in total. The minimum absolute atomic E-state index is 0.156. The second-order valence-electron chi connectivity index (χ2n) is 6.36. The van der Waals surface area contributed by atoms with Crippen LogP contribution in [0.5, 0.6) is 5.75 Å². The Hall–Kier alpha value is -4.81. The van der Waals surface area contributed by atoms with Gasteiger partial charge in [-0.15, -0.1) is 0 Å². The van der Waals surface area contributed by atoms with E-state index in [1.54, 1.807) is 12.1 Å². The van der Waals surface area contributed by atoms with E-state index in [4.69, 9.17) is 4.74 Å². The first-order valence-corrected chi connectivity index (χ1v) is 9.02. The summed E-state index contributed by atoms with van der Waals surface area (Å²) in [6.45, 7) is 1.84. The molecule has 0 fully saturated rings. The van der Waals surface area contributed by atoms with Gasteiger partial charge in [-0.1, -0.05) is 18.2 Å². The topological polar surface area (TPSA) is 174 Å². The summed E-state index contributed by atoms with van der Waals surface area (Å²) >= 11 is 0. The molecule has 3 aromatic rings. The molecule has 2 aromatic carbocycles. The van der Waals surface area contributed by atoms with Crippen LogP contribution in [0, 0.1) is 27.2 Å². The summed E-state index contributed by atoms with van der Waals surface area (Å²) in [5.74, 6) is -0.926. The quantitative estimate of drug-likeness (QED) is 0.349. The van der Waals surface area contributed by atoms with Gasteiger partial charge in [-0.05, 0) is 30.7 Å². The SMILES string of the molecule is COc1ccc(C)cc1Nc1ncnc(NNC(=O)c2ccccc2[N+](=O)[O-])c1[N+](=O)[O-]. The van der Waals surface area contributed by atoms with Gasteiger partial charge < -0.3 is 10.1 Å². The normalized spacial score (nSPS) is 10.2. The van der Waals surface area contributed by atoms with Crippen molar-refractivity contribution >= 4 is 34.6 Å². The number of methoxy groups -OCH3 is 1. The molecule has 32 heavy (non-hydrogen) atoms. The first kappa shape index (κ1) is 21.9. The highest BCUT2D eigenvalue weighted by molar-refractivity contribution is 5.98. The van der Waals surface area contributed by atoms with Crippen molar-refractivity contribution in [3.05, 3.63) is 80.1 Å². The second-order valence-corrected chi connectivity index (χ2v) is 6.36. The molecule has 0 aliphatic carbocycles. The molecule has 13 heteroatoms. The summed E-state index contributed by atoms with van der Waals surface area (Å²) in [5, 5.41) is 25.7. The number of nitro benzene ring substituents is 1. The molecule has 0 atom stereocenters. The number of ether oxygens (including phenoxy) is 1. The molecule has 0 aliphatic rings. The first-order chi connectivity index (χ1) is 15.3. The van der Waals surface area contributed by atoms with Crippen LogP contribution in [0.25, 0.3) is 0 Å². The van der Waals surface area contributed by atoms with E-state index in [1.165, 1.54) is 31.4 Å². The molecular weight excluding hydrogens is 422 g/mol. The number of aryl methyl sites for hydroxylation is 1. The van der Waals surface area contributed by atoms with Crippen molar-refractivity contribution in [1.82, 2.24) is 15.4 Å². The number of rotatable bonds is 8. The number of nitro groups is 2. The van der Waals surface area contributed by atoms with Crippen LogP contribution in [0.1, 0.15) is 15.9 Å². The highest BCUT2D eigenvalue weighted by Gasteiger charge is 2.25. The number of nitrogens with one attached hydrogen (secondary N) is 3. The summed E-state index contributed by atoms with van der Waals surface area (Å²) in [7, 11) is 1.45. The van der Waals surface area contributed by atoms with Gasteiger partial charge in [0.15, 0.2) is 0 Å². The number of para-hydroxylation sites is 1. The van der Waals surface area contributed by atoms with Crippen LogP contribution in [0.15, 0.2) is 48.8 Å². The Bertz CT molecular complexity index is 1200. The lowest BCUT2D eigenvalue weighted by Crippen LogP contribution is -2.30. The minimum Gasteiger partial charge on any atom is -0.495 e. The zero-order valence-electron chi connectivity index (χ0n) is 16.9. The molecule has 0 spiro atoms. The maximum absolute atomic E-state index is 12.4. The van der Waals surface area contributed by atoms with E-state index < -0.39 is 27.1 Å². The second kappa shape index (κ2) is 9.34. The number of carbonyl (C=O) groups excluding carboxylic acids is 1. The number of benzene rings is 2. The number of amides is 1. The predicted octanol–water partition coefficient (Wildman–Crippen LogP) is 3.11. The first-order valence-electron chi connectivity index (χ1n) is 9.02. The van der Waals surface area contributed by atoms with E-state index in [0.717, 1.165) is 11.9 Å². The van der Waals surface area contributed by atoms with Crippen molar-refractivity contribution in [2.24, 2.45) is 0 Å². The van der Waals surface area contributed by atoms with Crippen LogP contribution < -0.4 is 20.9 Å². The molecule has 13 nitrogen and oxygen atoms in total. The number of aromatic nitrogens is 2. The van der Waals surface area contributed by atoms with Gasteiger partial charge >= 0.3 is 5.69 Å². The van der Waals surface area contributed by atoms with Crippen LogP contribution in [-0.2, 0) is 0 Å². The molecule has 0 saturated carbocycles. The largest absolute Gasteiger partial charge is 0.495 e. The Balaban J connectivity index is 1.89. The Morgan fingerprint density at radius 3 is 2.44 bits per heavy atom. The number of hydrogen-bond donors (Lipinski definition) is 3. The van der Waals surface area contributed by atoms with Gasteiger partial charge in [-0.3, -0.25) is 35.9 Å². The molecule has 1 aromatic heterocycles. The lowest BCUT2D eigenvalue weighted by molar-refractivity contribution is -0.385. The van der Waals surface area contributed by atoms with E-state index in [9.17, 15) is 25.0 Å². The highest BCUT2D eigenvalue weighted by Crippen LogP contribution is 2.34. The van der Waals surface area contributed by atoms with E-state index >= 15 is 0 Å². The molecule has 0 radical (unpaired) electrons. The molecule has 1 amide bonds. The van der Waals surface area contributed by atoms with Gasteiger partial charge in [-0.2, -0.15) is 0 Å². The Morgan fingerprint density at radius 1 is 1.03 bits per heavy atom. The summed E-state index contributed by atoms with van der Waals surface area (Å²) < 4.78 is 5.26. The molecule has 0 bridgehead atoms. The van der Waals surface area contributed by atoms with Crippen LogP contribution in [0.2, 0.25) is 0 Å². The third kappa shape index (κ3) is 4.67. The van der Waals surface area contributed by atoms with Crippen molar-refractivity contribution in [1.29, 1.82) is 0 Å². The predicted molar refractivity (Wildman–Crippen MR) is 114 cm³/mol. The molecule has 0 aliphatic heterocycles. The van der Waals surface area contributed by atoms with Gasteiger partial charge in [0.05, 0.1) is 22.6 Å². The number of carbonyl (C=O) groups is 1. The van der Waals surface area contributed by atoms with Gasteiger partial charge in [0.1, 0.15) is 17.6 Å². The van der Waals surface area contributed by atoms with Crippen LogP contribution >= 0.6 is 0 Å². The van der Waals surface area contributed by atoms with Crippen molar-refractivity contribution < 1.29 is 19.4 Å². The van der Waals surface area contributed by atoms with E-state index in [0.29, 0.717) is 11.4 Å². The van der Waals surface area contributed by atoms with Gasteiger partial charge in [0.25, 0.3) is 11.6 Å². The maximum atomic E-state index is 12.4. The Labute approximate surface area is 180 Å². The number of anilines is 3. The average Bonchev–Trinajstić information content (AvgIpc) is 2.77. The molecule has 0 saturated heterocycles. The summed E-state index contributed by atoms with van der Waals surface area (Å²) in [6, 6.07) is 10.5. The molecule has 0 unspecified atom stereocenters. The van der Waals surface area contributed by atoms with Crippen molar-refractivity contribution in [3.8, 4) is 5.75 Å². The van der Waals surface area contributed by atoms with E-state index in [1.807, 2.05) is 13.0 Å². The zero-order chi connectivity index (χ0) is 23.3. The zero-order valence-corrected chi connectivity index (χ0v) is 16.9. The standard InChI is InChI=1S/C19H17N7O6/c1-11-7-8-15(32-2)13(9-11)22-17-16(26(30)31)18(21-10-20-17)23-24-19(27)12-5-3-4-6-14(12)25(28)29/h3-10H,1-2H3,(H,24,27)(H2,20,21,22,23). The molecule has 1 heterocycles. The van der Waals surface area contributed by atoms with E-state index in [2.05, 4.69) is 26.1 Å². The smallest absolute Gasteiger partial charge is 0.355 e. The Morgan fingerprint density at radius 2 is 1.75 bits per heavy atom. The third-order valence-electron chi connectivity index (χ3n) is 4.25. The van der Waals surface area contributed by atoms with Crippen molar-refractivity contribution in [2.75, 3.05) is 17.9 Å². The summed E-state index contributed by atoms with van der Waals surface area (Å²) in [6.07, 6.45) is 1.05. The fourth-order valence-electron chi connectivity index (χ4n) is 2.79. The van der Waals surface area contributed by atoms with Crippen LogP contribution in [-0.4, -0.2) is 32.8 Å². The average molecular weight is 439 g/mol. The lowest BCUT2D eigenvalue weighted by Gasteiger charge is -2.13. The lowest BCUT2D eigenvalue weighted by atomic mass is 10.2. The molecule has 3 rings (SSSR count). The fraction of sp³-hybridized carbons (Fsp3) is 0.105. The third-order valence-corrected chi connectivity index (χ3v) is 4.25. The highest BCUT2D eigenvalue weighted by atomic mass is 16.6. The van der Waals surface area contributed by atoms with Gasteiger partial charge in [0.2, 0.25) is 11.6 Å². The summed E-state index contributed by atoms with van der Waals surface area (Å²) in [4.78, 5) is 41.5. The van der Waals surface area contributed by atoms with Gasteiger partial charge in [0, 0.05) is 6.07 Å². The fourth-order valence-corrected chi connectivity index (χ4v) is 2.79. The Kier molecular flexibility index (Phi) is 6.39. The van der Waals surface area contributed by atoms with E-state index in [-0.39, 0.29) is 17.2 Å². The molecular formula is C19H17N7O6. The van der Waals surface area contributed by atoms with Gasteiger partial charge in [-0.25, -0.2) is 9.97 Å².